The minimum Gasteiger partial charge on any atom is -0.354 e. The zero-order valence-corrected chi connectivity index (χ0v) is 26.3. The second kappa shape index (κ2) is 13.5. The van der Waals surface area contributed by atoms with Crippen molar-refractivity contribution >= 4 is 43.5 Å². The fourth-order valence-electron chi connectivity index (χ4n) is 4.22. The summed E-state index contributed by atoms with van der Waals surface area (Å²) < 4.78 is 30.0. The second-order valence-corrected chi connectivity index (χ2v) is 13.3. The Labute approximate surface area is 246 Å². The van der Waals surface area contributed by atoms with Crippen molar-refractivity contribution in [1.29, 1.82) is 0 Å². The Hall–Kier alpha value is -3.17. The van der Waals surface area contributed by atoms with Crippen LogP contribution >= 0.6 is 15.9 Å². The number of halogens is 1. The van der Waals surface area contributed by atoms with Crippen molar-refractivity contribution in [3.63, 3.8) is 0 Å². The van der Waals surface area contributed by atoms with Crippen LogP contribution in [0, 0.1) is 26.7 Å². The molecule has 0 bridgehead atoms. The van der Waals surface area contributed by atoms with E-state index in [4.69, 9.17) is 0 Å². The monoisotopic (exact) mass is 627 g/mol. The highest BCUT2D eigenvalue weighted by Gasteiger charge is 2.33. The molecule has 40 heavy (non-hydrogen) atoms. The average Bonchev–Trinajstić information content (AvgIpc) is 2.90. The van der Waals surface area contributed by atoms with Gasteiger partial charge in [-0.25, -0.2) is 8.42 Å². The fourth-order valence-corrected chi connectivity index (χ4v) is 6.14. The lowest BCUT2D eigenvalue weighted by Gasteiger charge is -2.32. The second-order valence-electron chi connectivity index (χ2n) is 10.5. The van der Waals surface area contributed by atoms with Gasteiger partial charge in [0.1, 0.15) is 12.6 Å². The molecule has 0 aliphatic rings. The number of amides is 2. The molecule has 9 heteroatoms. The summed E-state index contributed by atoms with van der Waals surface area (Å²) in [5.74, 6) is -0.537. The summed E-state index contributed by atoms with van der Waals surface area (Å²) in [5.41, 5.74) is 3.82. The van der Waals surface area contributed by atoms with Crippen LogP contribution in [0.3, 0.4) is 0 Å². The van der Waals surface area contributed by atoms with Gasteiger partial charge in [-0.1, -0.05) is 71.7 Å². The summed E-state index contributed by atoms with van der Waals surface area (Å²) in [6, 6.07) is 18.6. The smallest absolute Gasteiger partial charge is 0.264 e. The lowest BCUT2D eigenvalue weighted by Crippen LogP contribution is -2.51. The van der Waals surface area contributed by atoms with Crippen LogP contribution in [0.5, 0.6) is 0 Å². The standard InChI is InChI=1S/C31H38BrN3O4S/c1-21(2)18-33-31(37)25(6)34(19-26-10-8-11-27(32)17-26)30(36)20-35(29-12-7-9-23(4)24(29)5)40(38,39)28-15-13-22(3)14-16-28/h7-17,21,25H,18-20H2,1-6H3,(H,33,37)/t25-/m0/s1. The maximum absolute atomic E-state index is 14.1. The summed E-state index contributed by atoms with van der Waals surface area (Å²) in [6.07, 6.45) is 0. The van der Waals surface area contributed by atoms with E-state index in [1.165, 1.54) is 4.90 Å². The van der Waals surface area contributed by atoms with Crippen LogP contribution in [-0.4, -0.2) is 44.3 Å². The first-order valence-corrected chi connectivity index (χ1v) is 15.5. The summed E-state index contributed by atoms with van der Waals surface area (Å²) in [4.78, 5) is 28.7. The maximum atomic E-state index is 14.1. The number of hydrogen-bond acceptors (Lipinski definition) is 4. The largest absolute Gasteiger partial charge is 0.354 e. The topological polar surface area (TPSA) is 86.8 Å². The van der Waals surface area contributed by atoms with Crippen LogP contribution in [-0.2, 0) is 26.2 Å². The Bertz CT molecular complexity index is 1460. The first-order valence-electron chi connectivity index (χ1n) is 13.3. The summed E-state index contributed by atoms with van der Waals surface area (Å²) in [7, 11) is -4.11. The Morgan fingerprint density at radius 1 is 0.925 bits per heavy atom. The SMILES string of the molecule is Cc1ccc(S(=O)(=O)N(CC(=O)N(Cc2cccc(Br)c2)[C@@H](C)C(=O)NCC(C)C)c2cccc(C)c2C)cc1. The van der Waals surface area contributed by atoms with Crippen molar-refractivity contribution in [1.82, 2.24) is 10.2 Å². The molecular weight excluding hydrogens is 590 g/mol. The van der Waals surface area contributed by atoms with Crippen molar-refractivity contribution in [2.24, 2.45) is 5.92 Å². The van der Waals surface area contributed by atoms with Gasteiger partial charge in [-0.3, -0.25) is 13.9 Å². The third kappa shape index (κ3) is 7.73. The molecule has 0 radical (unpaired) electrons. The molecule has 0 spiro atoms. The van der Waals surface area contributed by atoms with E-state index in [9.17, 15) is 18.0 Å². The molecule has 0 heterocycles. The van der Waals surface area contributed by atoms with Crippen LogP contribution in [0.1, 0.15) is 43.0 Å². The van der Waals surface area contributed by atoms with Crippen LogP contribution in [0.2, 0.25) is 0 Å². The lowest BCUT2D eigenvalue weighted by atomic mass is 10.1. The summed E-state index contributed by atoms with van der Waals surface area (Å²) >= 11 is 3.47. The van der Waals surface area contributed by atoms with Gasteiger partial charge in [0.2, 0.25) is 11.8 Å². The number of rotatable bonds is 11. The first-order chi connectivity index (χ1) is 18.8. The molecular formula is C31H38BrN3O4S. The van der Waals surface area contributed by atoms with Gasteiger partial charge in [0.05, 0.1) is 10.6 Å². The van der Waals surface area contributed by atoms with E-state index >= 15 is 0 Å². The molecule has 3 rings (SSSR count). The van der Waals surface area contributed by atoms with Gasteiger partial charge >= 0.3 is 0 Å². The van der Waals surface area contributed by atoms with Gasteiger partial charge in [-0.2, -0.15) is 0 Å². The molecule has 0 aliphatic heterocycles. The van der Waals surface area contributed by atoms with Gasteiger partial charge < -0.3 is 10.2 Å². The highest BCUT2D eigenvalue weighted by molar-refractivity contribution is 9.10. The molecule has 0 fully saturated rings. The van der Waals surface area contributed by atoms with Gasteiger partial charge in [-0.05, 0) is 80.6 Å². The Morgan fingerprint density at radius 2 is 1.57 bits per heavy atom. The highest BCUT2D eigenvalue weighted by atomic mass is 79.9. The molecule has 3 aromatic rings. The van der Waals surface area contributed by atoms with Crippen molar-refractivity contribution < 1.29 is 18.0 Å². The number of hydrogen-bond donors (Lipinski definition) is 1. The number of aryl methyl sites for hydroxylation is 2. The molecule has 214 valence electrons. The molecule has 0 unspecified atom stereocenters. The van der Waals surface area contributed by atoms with Crippen LogP contribution in [0.15, 0.2) is 76.1 Å². The molecule has 0 saturated heterocycles. The van der Waals surface area contributed by atoms with Crippen molar-refractivity contribution in [2.75, 3.05) is 17.4 Å². The molecule has 7 nitrogen and oxygen atoms in total. The Morgan fingerprint density at radius 3 is 2.20 bits per heavy atom. The van der Waals surface area contributed by atoms with Gasteiger partial charge in [0.25, 0.3) is 10.0 Å². The number of nitrogens with one attached hydrogen (secondary N) is 1. The van der Waals surface area contributed by atoms with Crippen molar-refractivity contribution in [3.8, 4) is 0 Å². The van der Waals surface area contributed by atoms with E-state index in [2.05, 4.69) is 21.2 Å². The van der Waals surface area contributed by atoms with Crippen molar-refractivity contribution in [3.05, 3.63) is 93.5 Å². The predicted octanol–water partition coefficient (Wildman–Crippen LogP) is 5.76. The average molecular weight is 629 g/mol. The molecule has 1 atom stereocenters. The summed E-state index contributed by atoms with van der Waals surface area (Å²) in [5, 5.41) is 2.90. The minimum atomic E-state index is -4.11. The number of benzene rings is 3. The first kappa shape index (κ1) is 31.4. The number of anilines is 1. The van der Waals surface area contributed by atoms with Gasteiger partial charge in [0.15, 0.2) is 0 Å². The highest BCUT2D eigenvalue weighted by Crippen LogP contribution is 2.29. The third-order valence-corrected chi connectivity index (χ3v) is 9.09. The van der Waals surface area contributed by atoms with E-state index in [1.54, 1.807) is 43.3 Å². The van der Waals surface area contributed by atoms with E-state index < -0.39 is 28.5 Å². The van der Waals surface area contributed by atoms with Crippen molar-refractivity contribution in [2.45, 2.75) is 59.0 Å². The van der Waals surface area contributed by atoms with E-state index in [-0.39, 0.29) is 23.3 Å². The third-order valence-electron chi connectivity index (χ3n) is 6.83. The minimum absolute atomic E-state index is 0.0908. The number of carbonyl (C=O) groups is 2. The Balaban J connectivity index is 2.06. The molecule has 0 aliphatic carbocycles. The zero-order chi connectivity index (χ0) is 29.6. The van der Waals surface area contributed by atoms with E-state index in [0.29, 0.717) is 12.2 Å². The number of nitrogens with zero attached hydrogens (tertiary/aromatic N) is 2. The van der Waals surface area contributed by atoms with Crippen LogP contribution in [0.4, 0.5) is 5.69 Å². The summed E-state index contributed by atoms with van der Waals surface area (Å²) in [6.45, 7) is 11.4. The number of sulfonamides is 1. The zero-order valence-electron chi connectivity index (χ0n) is 23.9. The molecule has 2 amide bonds. The Kier molecular flexibility index (Phi) is 10.6. The normalized spacial score (nSPS) is 12.2. The lowest BCUT2D eigenvalue weighted by molar-refractivity contribution is -0.139. The molecule has 0 saturated carbocycles. The number of carbonyl (C=O) groups excluding carboxylic acids is 2. The van der Waals surface area contributed by atoms with E-state index in [1.807, 2.05) is 65.0 Å². The quantitative estimate of drug-likeness (QED) is 0.293. The molecule has 3 aromatic carbocycles. The predicted molar refractivity (Wildman–Crippen MR) is 164 cm³/mol. The van der Waals surface area contributed by atoms with Crippen LogP contribution in [0.25, 0.3) is 0 Å². The molecule has 0 aromatic heterocycles. The van der Waals surface area contributed by atoms with Gasteiger partial charge in [-0.15, -0.1) is 0 Å². The maximum Gasteiger partial charge on any atom is 0.264 e. The van der Waals surface area contributed by atoms with Crippen LogP contribution < -0.4 is 9.62 Å². The van der Waals surface area contributed by atoms with E-state index in [0.717, 1.165) is 31.0 Å². The fraction of sp³-hybridized carbons (Fsp3) is 0.355. The molecule has 1 N–H and O–H groups in total. The van der Waals surface area contributed by atoms with Gasteiger partial charge in [0, 0.05) is 17.6 Å².